The minimum atomic E-state index is -0.386. The van der Waals surface area contributed by atoms with Gasteiger partial charge in [0, 0.05) is 11.3 Å². The number of nitrogens with zero attached hydrogens (tertiary/aromatic N) is 3. The number of rotatable bonds is 5. The molecule has 2 heterocycles. The van der Waals surface area contributed by atoms with E-state index in [-0.39, 0.29) is 11.7 Å². The van der Waals surface area contributed by atoms with Crippen molar-refractivity contribution in [1.29, 1.82) is 0 Å². The molecule has 0 aliphatic heterocycles. The fraction of sp³-hybridized carbons (Fsp3) is 0.0417. The number of ether oxygens (including phenoxy) is 1. The smallest absolute Gasteiger partial charge is 0.291 e. The van der Waals surface area contributed by atoms with Crippen LogP contribution in [-0.4, -0.2) is 28.0 Å². The Bertz CT molecular complexity index is 1480. The standard InChI is InChI=1S/C24H16Cl2N4O3/c1-32-17-6-4-16(5-7-17)30-28-20-9-3-15(13-21(20)29-30)27-24(31)23-11-10-22(33-23)14-2-8-18(25)19(26)12-14/h2-13H,1H3,(H,27,31). The number of carbonyl (C=O) groups excluding carboxylic acids is 1. The summed E-state index contributed by atoms with van der Waals surface area (Å²) in [5.74, 6) is 1.04. The number of methoxy groups -OCH3 is 1. The quantitative estimate of drug-likeness (QED) is 0.322. The van der Waals surface area contributed by atoms with Gasteiger partial charge in [-0.25, -0.2) is 0 Å². The van der Waals surface area contributed by atoms with Crippen LogP contribution in [0.1, 0.15) is 10.6 Å². The van der Waals surface area contributed by atoms with Crippen molar-refractivity contribution in [3.8, 4) is 22.8 Å². The molecule has 3 aromatic carbocycles. The van der Waals surface area contributed by atoms with E-state index in [1.165, 1.54) is 4.80 Å². The number of benzene rings is 3. The van der Waals surface area contributed by atoms with Crippen LogP contribution >= 0.6 is 23.2 Å². The van der Waals surface area contributed by atoms with E-state index in [4.69, 9.17) is 32.4 Å². The molecule has 1 amide bonds. The van der Waals surface area contributed by atoms with Gasteiger partial charge in [0.05, 0.1) is 22.8 Å². The molecule has 0 aliphatic carbocycles. The first-order valence-corrected chi connectivity index (χ1v) is 10.6. The van der Waals surface area contributed by atoms with Gasteiger partial charge in [-0.05, 0) is 72.8 Å². The van der Waals surface area contributed by atoms with Crippen molar-refractivity contribution < 1.29 is 13.9 Å². The van der Waals surface area contributed by atoms with Crippen LogP contribution in [0.5, 0.6) is 5.75 Å². The van der Waals surface area contributed by atoms with E-state index >= 15 is 0 Å². The molecule has 0 radical (unpaired) electrons. The van der Waals surface area contributed by atoms with Crippen LogP contribution in [0.25, 0.3) is 28.0 Å². The molecule has 33 heavy (non-hydrogen) atoms. The first kappa shape index (κ1) is 21.1. The number of hydrogen-bond donors (Lipinski definition) is 1. The molecule has 1 N–H and O–H groups in total. The van der Waals surface area contributed by atoms with Crippen LogP contribution in [0, 0.1) is 0 Å². The Hall–Kier alpha value is -3.81. The number of aromatic nitrogens is 3. The molecule has 164 valence electrons. The summed E-state index contributed by atoms with van der Waals surface area (Å²) >= 11 is 12.0. The molecule has 0 bridgehead atoms. The van der Waals surface area contributed by atoms with Crippen molar-refractivity contribution in [2.24, 2.45) is 0 Å². The highest BCUT2D eigenvalue weighted by Crippen LogP contribution is 2.30. The summed E-state index contributed by atoms with van der Waals surface area (Å²) in [6, 6.07) is 21.2. The monoisotopic (exact) mass is 478 g/mol. The number of nitrogens with one attached hydrogen (secondary N) is 1. The molecule has 2 aromatic heterocycles. The molecule has 0 spiro atoms. The van der Waals surface area contributed by atoms with E-state index in [0.717, 1.165) is 17.0 Å². The number of amides is 1. The molecular formula is C24H16Cl2N4O3. The van der Waals surface area contributed by atoms with Crippen LogP contribution in [0.2, 0.25) is 10.0 Å². The SMILES string of the molecule is COc1ccc(-n2nc3ccc(NC(=O)c4ccc(-c5ccc(Cl)c(Cl)c5)o4)cc3n2)cc1. The molecule has 7 nitrogen and oxygen atoms in total. The van der Waals surface area contributed by atoms with E-state index < -0.39 is 0 Å². The average molecular weight is 479 g/mol. The third-order valence-corrected chi connectivity index (χ3v) is 5.71. The Morgan fingerprint density at radius 1 is 0.909 bits per heavy atom. The lowest BCUT2D eigenvalue weighted by molar-refractivity contribution is 0.0997. The lowest BCUT2D eigenvalue weighted by atomic mass is 10.2. The van der Waals surface area contributed by atoms with Crippen molar-refractivity contribution in [1.82, 2.24) is 15.0 Å². The topological polar surface area (TPSA) is 82.2 Å². The van der Waals surface area contributed by atoms with Crippen LogP contribution in [0.15, 0.2) is 77.2 Å². The molecule has 5 aromatic rings. The van der Waals surface area contributed by atoms with E-state index in [2.05, 4.69) is 15.5 Å². The van der Waals surface area contributed by atoms with Crippen molar-refractivity contribution in [2.45, 2.75) is 0 Å². The average Bonchev–Trinajstić information content (AvgIpc) is 3.48. The Balaban J connectivity index is 1.35. The van der Waals surface area contributed by atoms with Crippen LogP contribution < -0.4 is 10.1 Å². The highest BCUT2D eigenvalue weighted by molar-refractivity contribution is 6.42. The molecule has 5 rings (SSSR count). The van der Waals surface area contributed by atoms with Crippen LogP contribution in [0.4, 0.5) is 5.69 Å². The number of fused-ring (bicyclic) bond motifs is 1. The normalized spacial score (nSPS) is 11.0. The van der Waals surface area contributed by atoms with E-state index in [1.54, 1.807) is 55.6 Å². The predicted molar refractivity (Wildman–Crippen MR) is 128 cm³/mol. The number of anilines is 1. The van der Waals surface area contributed by atoms with Gasteiger partial charge in [-0.2, -0.15) is 4.80 Å². The largest absolute Gasteiger partial charge is 0.497 e. The summed E-state index contributed by atoms with van der Waals surface area (Å²) in [4.78, 5) is 14.2. The predicted octanol–water partition coefficient (Wildman–Crippen LogP) is 6.25. The van der Waals surface area contributed by atoms with Gasteiger partial charge in [-0.1, -0.05) is 23.2 Å². The van der Waals surface area contributed by atoms with Crippen LogP contribution in [-0.2, 0) is 0 Å². The van der Waals surface area contributed by atoms with Crippen molar-refractivity contribution >= 4 is 45.8 Å². The van der Waals surface area contributed by atoms with Crippen molar-refractivity contribution in [3.05, 3.63) is 88.6 Å². The maximum absolute atomic E-state index is 12.7. The van der Waals surface area contributed by atoms with Gasteiger partial charge in [0.1, 0.15) is 22.5 Å². The summed E-state index contributed by atoms with van der Waals surface area (Å²) in [6.45, 7) is 0. The van der Waals surface area contributed by atoms with E-state index in [9.17, 15) is 4.79 Å². The summed E-state index contributed by atoms with van der Waals surface area (Å²) in [6.07, 6.45) is 0. The van der Waals surface area contributed by atoms with Crippen molar-refractivity contribution in [2.75, 3.05) is 12.4 Å². The van der Waals surface area contributed by atoms with Gasteiger partial charge < -0.3 is 14.5 Å². The lowest BCUT2D eigenvalue weighted by Crippen LogP contribution is -2.10. The zero-order valence-corrected chi connectivity index (χ0v) is 18.8. The summed E-state index contributed by atoms with van der Waals surface area (Å²) in [7, 11) is 1.61. The first-order chi connectivity index (χ1) is 16.0. The second-order valence-electron chi connectivity index (χ2n) is 7.14. The zero-order chi connectivity index (χ0) is 22.9. The molecular weight excluding hydrogens is 463 g/mol. The number of carbonyl (C=O) groups is 1. The molecule has 0 unspecified atom stereocenters. The fourth-order valence-electron chi connectivity index (χ4n) is 3.28. The lowest BCUT2D eigenvalue weighted by Gasteiger charge is -2.03. The van der Waals surface area contributed by atoms with Crippen molar-refractivity contribution in [3.63, 3.8) is 0 Å². The summed E-state index contributed by atoms with van der Waals surface area (Å²) in [5, 5.41) is 12.7. The fourth-order valence-corrected chi connectivity index (χ4v) is 3.58. The maximum atomic E-state index is 12.7. The molecule has 0 saturated carbocycles. The number of furan rings is 1. The van der Waals surface area contributed by atoms with Gasteiger partial charge in [0.25, 0.3) is 5.91 Å². The van der Waals surface area contributed by atoms with Gasteiger partial charge in [0.2, 0.25) is 0 Å². The third kappa shape index (κ3) is 4.28. The Morgan fingerprint density at radius 3 is 2.45 bits per heavy atom. The molecule has 0 atom stereocenters. The van der Waals surface area contributed by atoms with E-state index in [1.807, 2.05) is 24.3 Å². The highest BCUT2D eigenvalue weighted by atomic mass is 35.5. The molecule has 0 fully saturated rings. The Morgan fingerprint density at radius 2 is 1.70 bits per heavy atom. The Kier molecular flexibility index (Phi) is 5.50. The molecule has 9 heteroatoms. The minimum Gasteiger partial charge on any atom is -0.497 e. The van der Waals surface area contributed by atoms with Gasteiger partial charge in [-0.3, -0.25) is 4.79 Å². The van der Waals surface area contributed by atoms with Gasteiger partial charge in [0.15, 0.2) is 5.76 Å². The Labute approximate surface area is 198 Å². The maximum Gasteiger partial charge on any atom is 0.291 e. The third-order valence-electron chi connectivity index (χ3n) is 4.98. The summed E-state index contributed by atoms with van der Waals surface area (Å²) in [5.41, 5.74) is 3.42. The highest BCUT2D eigenvalue weighted by Gasteiger charge is 2.14. The summed E-state index contributed by atoms with van der Waals surface area (Å²) < 4.78 is 10.9. The van der Waals surface area contributed by atoms with E-state index in [0.29, 0.717) is 32.5 Å². The second-order valence-corrected chi connectivity index (χ2v) is 7.95. The number of halogens is 2. The minimum absolute atomic E-state index is 0.165. The number of hydrogen-bond acceptors (Lipinski definition) is 5. The van der Waals surface area contributed by atoms with Gasteiger partial charge in [-0.15, -0.1) is 10.2 Å². The molecule has 0 saturated heterocycles. The second kappa shape index (κ2) is 8.61. The first-order valence-electron chi connectivity index (χ1n) is 9.88. The molecule has 0 aliphatic rings. The van der Waals surface area contributed by atoms with Crippen LogP contribution in [0.3, 0.4) is 0 Å². The van der Waals surface area contributed by atoms with Gasteiger partial charge >= 0.3 is 0 Å². The zero-order valence-electron chi connectivity index (χ0n) is 17.3.